The van der Waals surface area contributed by atoms with Crippen LogP contribution < -0.4 is 0 Å². The topological polar surface area (TPSA) is 18.5 Å². The molecular weight excluding hydrogens is 288 g/mol. The molecular formula is C16H34O2S2. The lowest BCUT2D eigenvalue weighted by molar-refractivity contribution is 0.0605. The fraction of sp³-hybridized carbons (Fsp3) is 1.00. The lowest BCUT2D eigenvalue weighted by Gasteiger charge is -2.06. The average molecular weight is 323 g/mol. The zero-order valence-electron chi connectivity index (χ0n) is 13.5. The summed E-state index contributed by atoms with van der Waals surface area (Å²) in [6.45, 7) is 7.72. The molecule has 0 aliphatic heterocycles. The molecule has 0 aliphatic carbocycles. The standard InChI is InChI=1S/C16H34O2S2/c1-3-5-7-13-19-15-11-17-9-10-18-12-16-20-14-8-6-4-2/h3-16H2,1-2H3. The minimum absolute atomic E-state index is 0.746. The Morgan fingerprint density at radius 1 is 0.550 bits per heavy atom. The molecule has 0 saturated carbocycles. The summed E-state index contributed by atoms with van der Waals surface area (Å²) < 4.78 is 11.1. The van der Waals surface area contributed by atoms with Gasteiger partial charge in [0, 0.05) is 11.5 Å². The van der Waals surface area contributed by atoms with Gasteiger partial charge in [0.25, 0.3) is 0 Å². The van der Waals surface area contributed by atoms with Crippen LogP contribution >= 0.6 is 23.5 Å². The first-order valence-electron chi connectivity index (χ1n) is 8.22. The fourth-order valence-corrected chi connectivity index (χ4v) is 3.37. The first-order valence-corrected chi connectivity index (χ1v) is 10.5. The van der Waals surface area contributed by atoms with E-state index >= 15 is 0 Å². The first-order chi connectivity index (χ1) is 9.91. The Morgan fingerprint density at radius 3 is 1.40 bits per heavy atom. The first kappa shape index (κ1) is 20.6. The quantitative estimate of drug-likeness (QED) is 0.356. The van der Waals surface area contributed by atoms with Crippen molar-refractivity contribution in [3.05, 3.63) is 0 Å². The van der Waals surface area contributed by atoms with Gasteiger partial charge in [0.05, 0.1) is 26.4 Å². The molecule has 0 unspecified atom stereocenters. The normalized spacial score (nSPS) is 11.1. The molecule has 0 aliphatic rings. The fourth-order valence-electron chi connectivity index (χ4n) is 1.67. The molecule has 0 amide bonds. The van der Waals surface area contributed by atoms with Crippen LogP contribution in [0.2, 0.25) is 0 Å². The van der Waals surface area contributed by atoms with Gasteiger partial charge in [0.15, 0.2) is 0 Å². The predicted molar refractivity (Wildman–Crippen MR) is 95.3 cm³/mol. The summed E-state index contributed by atoms with van der Waals surface area (Å²) in [5.74, 6) is 4.81. The molecule has 122 valence electrons. The van der Waals surface area contributed by atoms with Crippen LogP contribution in [0.4, 0.5) is 0 Å². The van der Waals surface area contributed by atoms with Crippen LogP contribution in [0.25, 0.3) is 0 Å². The minimum Gasteiger partial charge on any atom is -0.378 e. The molecule has 0 heterocycles. The molecule has 0 aromatic carbocycles. The van der Waals surface area contributed by atoms with E-state index in [0.717, 1.165) is 37.9 Å². The van der Waals surface area contributed by atoms with Crippen molar-refractivity contribution in [2.24, 2.45) is 0 Å². The molecule has 0 saturated heterocycles. The minimum atomic E-state index is 0.746. The number of hydrogen-bond acceptors (Lipinski definition) is 4. The monoisotopic (exact) mass is 322 g/mol. The molecule has 20 heavy (non-hydrogen) atoms. The zero-order chi connectivity index (χ0) is 14.7. The van der Waals surface area contributed by atoms with Crippen LogP contribution in [0.1, 0.15) is 52.4 Å². The number of hydrogen-bond donors (Lipinski definition) is 0. The number of rotatable bonds is 17. The van der Waals surface area contributed by atoms with Crippen molar-refractivity contribution in [1.82, 2.24) is 0 Å². The lowest BCUT2D eigenvalue weighted by atomic mass is 10.3. The molecule has 4 heteroatoms. The summed E-state index contributed by atoms with van der Waals surface area (Å²) >= 11 is 4.01. The summed E-state index contributed by atoms with van der Waals surface area (Å²) in [5, 5.41) is 0. The van der Waals surface area contributed by atoms with Gasteiger partial charge in [0.1, 0.15) is 0 Å². The van der Waals surface area contributed by atoms with Crippen LogP contribution in [0, 0.1) is 0 Å². The highest BCUT2D eigenvalue weighted by molar-refractivity contribution is 7.99. The van der Waals surface area contributed by atoms with Crippen molar-refractivity contribution < 1.29 is 9.47 Å². The van der Waals surface area contributed by atoms with Gasteiger partial charge in [0.2, 0.25) is 0 Å². The van der Waals surface area contributed by atoms with Gasteiger partial charge in [-0.15, -0.1) is 0 Å². The largest absolute Gasteiger partial charge is 0.378 e. The highest BCUT2D eigenvalue weighted by atomic mass is 32.2. The molecule has 2 nitrogen and oxygen atoms in total. The smallest absolute Gasteiger partial charge is 0.0700 e. The Labute approximate surface area is 135 Å². The van der Waals surface area contributed by atoms with E-state index in [2.05, 4.69) is 13.8 Å². The highest BCUT2D eigenvalue weighted by Gasteiger charge is 1.93. The number of thioether (sulfide) groups is 2. The van der Waals surface area contributed by atoms with E-state index in [1.54, 1.807) is 0 Å². The second-order valence-electron chi connectivity index (χ2n) is 4.86. The third-order valence-corrected chi connectivity index (χ3v) is 4.97. The Hall–Kier alpha value is 0.620. The van der Waals surface area contributed by atoms with E-state index in [9.17, 15) is 0 Å². The van der Waals surface area contributed by atoms with Crippen LogP contribution in [0.15, 0.2) is 0 Å². The van der Waals surface area contributed by atoms with Crippen LogP contribution in [-0.2, 0) is 9.47 Å². The molecule has 0 radical (unpaired) electrons. The third kappa shape index (κ3) is 18.6. The molecule has 0 aromatic rings. The van der Waals surface area contributed by atoms with Crippen molar-refractivity contribution in [1.29, 1.82) is 0 Å². The average Bonchev–Trinajstić information content (AvgIpc) is 2.47. The van der Waals surface area contributed by atoms with Crippen molar-refractivity contribution >= 4 is 23.5 Å². The maximum atomic E-state index is 5.55. The summed E-state index contributed by atoms with van der Waals surface area (Å²) in [4.78, 5) is 0. The Morgan fingerprint density at radius 2 is 1.00 bits per heavy atom. The van der Waals surface area contributed by atoms with Crippen molar-refractivity contribution in [3.8, 4) is 0 Å². The highest BCUT2D eigenvalue weighted by Crippen LogP contribution is 2.06. The van der Waals surface area contributed by atoms with Crippen LogP contribution in [-0.4, -0.2) is 49.4 Å². The number of unbranched alkanes of at least 4 members (excludes halogenated alkanes) is 4. The maximum absolute atomic E-state index is 5.55. The van der Waals surface area contributed by atoms with E-state index in [0.29, 0.717) is 0 Å². The summed E-state index contributed by atoms with van der Waals surface area (Å²) in [5.41, 5.74) is 0. The predicted octanol–water partition coefficient (Wildman–Crippen LogP) is 4.87. The van der Waals surface area contributed by atoms with E-state index in [1.807, 2.05) is 23.5 Å². The second-order valence-corrected chi connectivity index (χ2v) is 7.31. The van der Waals surface area contributed by atoms with Crippen LogP contribution in [0.5, 0.6) is 0 Å². The van der Waals surface area contributed by atoms with Crippen molar-refractivity contribution in [2.75, 3.05) is 49.4 Å². The third-order valence-electron chi connectivity index (χ3n) is 2.90. The summed E-state index contributed by atoms with van der Waals surface area (Å²) in [6, 6.07) is 0. The van der Waals surface area contributed by atoms with E-state index in [1.165, 1.54) is 50.0 Å². The molecule has 0 N–H and O–H groups in total. The Balaban J connectivity index is 2.89. The van der Waals surface area contributed by atoms with Gasteiger partial charge in [-0.2, -0.15) is 23.5 Å². The second kappa shape index (κ2) is 19.6. The molecule has 0 bridgehead atoms. The zero-order valence-corrected chi connectivity index (χ0v) is 15.2. The van der Waals surface area contributed by atoms with Gasteiger partial charge in [-0.25, -0.2) is 0 Å². The van der Waals surface area contributed by atoms with Crippen molar-refractivity contribution in [3.63, 3.8) is 0 Å². The van der Waals surface area contributed by atoms with Gasteiger partial charge < -0.3 is 9.47 Å². The SMILES string of the molecule is CCCCCSCCOCCOCCSCCCCC. The molecule has 0 rings (SSSR count). The van der Waals surface area contributed by atoms with Gasteiger partial charge in [-0.3, -0.25) is 0 Å². The molecule has 0 atom stereocenters. The molecule has 0 fully saturated rings. The Kier molecular flexibility index (Phi) is 20.2. The maximum Gasteiger partial charge on any atom is 0.0700 e. The van der Waals surface area contributed by atoms with Gasteiger partial charge in [-0.1, -0.05) is 39.5 Å². The summed E-state index contributed by atoms with van der Waals surface area (Å²) in [6.07, 6.45) is 8.04. The van der Waals surface area contributed by atoms with Crippen LogP contribution in [0.3, 0.4) is 0 Å². The molecule has 0 aromatic heterocycles. The molecule has 0 spiro atoms. The van der Waals surface area contributed by atoms with Gasteiger partial charge >= 0.3 is 0 Å². The summed E-state index contributed by atoms with van der Waals surface area (Å²) in [7, 11) is 0. The van der Waals surface area contributed by atoms with Crippen molar-refractivity contribution in [2.45, 2.75) is 52.4 Å². The van der Waals surface area contributed by atoms with E-state index in [4.69, 9.17) is 9.47 Å². The van der Waals surface area contributed by atoms with E-state index in [-0.39, 0.29) is 0 Å². The Bertz CT molecular complexity index is 151. The number of ether oxygens (including phenoxy) is 2. The van der Waals surface area contributed by atoms with Gasteiger partial charge in [-0.05, 0) is 24.3 Å². The van der Waals surface area contributed by atoms with E-state index < -0.39 is 0 Å². The lowest BCUT2D eigenvalue weighted by Crippen LogP contribution is -2.08.